The SMILES string of the molecule is COC(=O)c1cc2c(nc1C)-c1ccccc1C2=O. The molecule has 0 atom stereocenters. The van der Waals surface area contributed by atoms with Gasteiger partial charge in [-0.2, -0.15) is 0 Å². The number of pyridine rings is 1. The van der Waals surface area contributed by atoms with Crippen molar-refractivity contribution < 1.29 is 14.3 Å². The highest BCUT2D eigenvalue weighted by Crippen LogP contribution is 2.35. The summed E-state index contributed by atoms with van der Waals surface area (Å²) in [5, 5.41) is 0. The molecule has 0 N–H and O–H groups in total. The lowest BCUT2D eigenvalue weighted by molar-refractivity contribution is 0.0599. The maximum atomic E-state index is 12.3. The fourth-order valence-electron chi connectivity index (χ4n) is 2.33. The van der Waals surface area contributed by atoms with Crippen LogP contribution < -0.4 is 0 Å². The maximum absolute atomic E-state index is 12.3. The van der Waals surface area contributed by atoms with Gasteiger partial charge in [0.25, 0.3) is 0 Å². The van der Waals surface area contributed by atoms with Crippen molar-refractivity contribution in [3.63, 3.8) is 0 Å². The predicted octanol–water partition coefficient (Wildman–Crippen LogP) is 2.39. The normalized spacial score (nSPS) is 12.0. The number of ketones is 1. The molecule has 0 bridgehead atoms. The van der Waals surface area contributed by atoms with E-state index in [2.05, 4.69) is 4.98 Å². The number of fused-ring (bicyclic) bond motifs is 3. The summed E-state index contributed by atoms with van der Waals surface area (Å²) >= 11 is 0. The molecule has 0 unspecified atom stereocenters. The van der Waals surface area contributed by atoms with Crippen LogP contribution in [0.2, 0.25) is 0 Å². The van der Waals surface area contributed by atoms with Gasteiger partial charge in [-0.15, -0.1) is 0 Å². The molecular formula is C15H11NO3. The minimum atomic E-state index is -0.475. The van der Waals surface area contributed by atoms with E-state index in [1.54, 1.807) is 19.1 Å². The van der Waals surface area contributed by atoms with Crippen molar-refractivity contribution in [2.24, 2.45) is 0 Å². The zero-order valence-electron chi connectivity index (χ0n) is 10.6. The molecule has 1 aromatic heterocycles. The van der Waals surface area contributed by atoms with Crippen LogP contribution in [0.5, 0.6) is 0 Å². The first-order chi connectivity index (χ1) is 9.13. The fraction of sp³-hybridized carbons (Fsp3) is 0.133. The van der Waals surface area contributed by atoms with E-state index in [-0.39, 0.29) is 5.78 Å². The second-order valence-corrected chi connectivity index (χ2v) is 4.38. The quantitative estimate of drug-likeness (QED) is 0.625. The van der Waals surface area contributed by atoms with Gasteiger partial charge in [0.05, 0.1) is 24.1 Å². The van der Waals surface area contributed by atoms with Crippen molar-refractivity contribution >= 4 is 11.8 Å². The highest BCUT2D eigenvalue weighted by molar-refractivity contribution is 6.21. The average Bonchev–Trinajstić information content (AvgIpc) is 2.71. The summed E-state index contributed by atoms with van der Waals surface area (Å²) in [6.07, 6.45) is 0. The number of hydrogen-bond acceptors (Lipinski definition) is 4. The van der Waals surface area contributed by atoms with Gasteiger partial charge in [0, 0.05) is 16.7 Å². The molecule has 2 aromatic rings. The lowest BCUT2D eigenvalue weighted by atomic mass is 10.1. The molecule has 0 saturated heterocycles. The van der Waals surface area contributed by atoms with E-state index in [4.69, 9.17) is 4.74 Å². The second kappa shape index (κ2) is 4.02. The highest BCUT2D eigenvalue weighted by atomic mass is 16.5. The van der Waals surface area contributed by atoms with E-state index in [9.17, 15) is 9.59 Å². The molecule has 0 fully saturated rings. The largest absolute Gasteiger partial charge is 0.465 e. The Bertz CT molecular complexity index is 719. The molecule has 3 rings (SSSR count). The number of esters is 1. The van der Waals surface area contributed by atoms with Crippen LogP contribution in [0.3, 0.4) is 0 Å². The number of aromatic nitrogens is 1. The first kappa shape index (κ1) is 11.6. The molecule has 1 aliphatic carbocycles. The monoisotopic (exact) mass is 253 g/mol. The molecule has 0 saturated carbocycles. The maximum Gasteiger partial charge on any atom is 0.339 e. The van der Waals surface area contributed by atoms with Crippen molar-refractivity contribution in [3.05, 3.63) is 52.7 Å². The lowest BCUT2D eigenvalue weighted by Gasteiger charge is -2.06. The molecule has 0 aliphatic heterocycles. The van der Waals surface area contributed by atoms with E-state index in [0.29, 0.717) is 28.1 Å². The van der Waals surface area contributed by atoms with Crippen LogP contribution in [-0.2, 0) is 4.74 Å². The molecule has 0 spiro atoms. The summed E-state index contributed by atoms with van der Waals surface area (Å²) in [6, 6.07) is 8.89. The van der Waals surface area contributed by atoms with E-state index in [1.165, 1.54) is 7.11 Å². The van der Waals surface area contributed by atoms with E-state index >= 15 is 0 Å². The molecular weight excluding hydrogens is 242 g/mol. The first-order valence-electron chi connectivity index (χ1n) is 5.87. The van der Waals surface area contributed by atoms with Gasteiger partial charge in [-0.3, -0.25) is 9.78 Å². The molecule has 0 radical (unpaired) electrons. The van der Waals surface area contributed by atoms with Crippen molar-refractivity contribution in [1.82, 2.24) is 4.98 Å². The highest BCUT2D eigenvalue weighted by Gasteiger charge is 2.29. The number of carbonyl (C=O) groups excluding carboxylic acids is 2. The second-order valence-electron chi connectivity index (χ2n) is 4.38. The Morgan fingerprint density at radius 3 is 2.53 bits per heavy atom. The molecule has 94 valence electrons. The molecule has 1 heterocycles. The summed E-state index contributed by atoms with van der Waals surface area (Å²) in [6.45, 7) is 1.73. The summed E-state index contributed by atoms with van der Waals surface area (Å²) in [4.78, 5) is 28.3. The smallest absolute Gasteiger partial charge is 0.339 e. The van der Waals surface area contributed by atoms with Crippen molar-refractivity contribution in [2.45, 2.75) is 6.92 Å². The van der Waals surface area contributed by atoms with Crippen molar-refractivity contribution in [1.29, 1.82) is 0 Å². The summed E-state index contributed by atoms with van der Waals surface area (Å²) in [5.41, 5.74) is 3.46. The third kappa shape index (κ3) is 1.57. The summed E-state index contributed by atoms with van der Waals surface area (Å²) in [5.74, 6) is -0.570. The number of carbonyl (C=O) groups is 2. The molecule has 1 aliphatic rings. The average molecular weight is 253 g/mol. The first-order valence-corrected chi connectivity index (χ1v) is 5.87. The molecule has 19 heavy (non-hydrogen) atoms. The van der Waals surface area contributed by atoms with Gasteiger partial charge in [0.2, 0.25) is 0 Å². The standard InChI is InChI=1S/C15H11NO3/c1-8-11(15(18)19-2)7-12-13(16-8)9-5-3-4-6-10(9)14(12)17/h3-7H,1-2H3. The van der Waals surface area contributed by atoms with Crippen LogP contribution in [0.1, 0.15) is 32.0 Å². The number of nitrogens with zero attached hydrogens (tertiary/aromatic N) is 1. The van der Waals surface area contributed by atoms with Crippen LogP contribution in [0, 0.1) is 6.92 Å². The van der Waals surface area contributed by atoms with Crippen LogP contribution in [0.15, 0.2) is 30.3 Å². The van der Waals surface area contributed by atoms with Crippen LogP contribution >= 0.6 is 0 Å². The fourth-order valence-corrected chi connectivity index (χ4v) is 2.33. The zero-order chi connectivity index (χ0) is 13.6. The Kier molecular flexibility index (Phi) is 2.45. The Labute approximate surface area is 110 Å². The van der Waals surface area contributed by atoms with E-state index < -0.39 is 5.97 Å². The molecule has 1 aromatic carbocycles. The van der Waals surface area contributed by atoms with Gasteiger partial charge in [0.1, 0.15) is 0 Å². The topological polar surface area (TPSA) is 56.3 Å². The Balaban J connectivity index is 2.26. The van der Waals surface area contributed by atoms with Crippen LogP contribution in [-0.4, -0.2) is 23.8 Å². The van der Waals surface area contributed by atoms with Gasteiger partial charge in [-0.1, -0.05) is 24.3 Å². The van der Waals surface area contributed by atoms with Crippen LogP contribution in [0.4, 0.5) is 0 Å². The van der Waals surface area contributed by atoms with Crippen LogP contribution in [0.25, 0.3) is 11.3 Å². The minimum absolute atomic E-state index is 0.0942. The molecule has 4 heteroatoms. The minimum Gasteiger partial charge on any atom is -0.465 e. The number of hydrogen-bond donors (Lipinski definition) is 0. The lowest BCUT2D eigenvalue weighted by Crippen LogP contribution is -2.08. The number of rotatable bonds is 1. The van der Waals surface area contributed by atoms with Gasteiger partial charge in [0.15, 0.2) is 5.78 Å². The van der Waals surface area contributed by atoms with Gasteiger partial charge in [-0.05, 0) is 13.0 Å². The van der Waals surface area contributed by atoms with Gasteiger partial charge in [-0.25, -0.2) is 4.79 Å². The Morgan fingerprint density at radius 1 is 1.16 bits per heavy atom. The molecule has 0 amide bonds. The number of ether oxygens (including phenoxy) is 1. The third-order valence-corrected chi connectivity index (χ3v) is 3.29. The third-order valence-electron chi connectivity index (χ3n) is 3.29. The Morgan fingerprint density at radius 2 is 1.84 bits per heavy atom. The molecule has 4 nitrogen and oxygen atoms in total. The van der Waals surface area contributed by atoms with E-state index in [1.807, 2.05) is 18.2 Å². The number of methoxy groups -OCH3 is 1. The van der Waals surface area contributed by atoms with Crippen molar-refractivity contribution in [3.8, 4) is 11.3 Å². The van der Waals surface area contributed by atoms with Gasteiger partial charge >= 0.3 is 5.97 Å². The predicted molar refractivity (Wildman–Crippen MR) is 69.2 cm³/mol. The van der Waals surface area contributed by atoms with Gasteiger partial charge < -0.3 is 4.74 Å². The summed E-state index contributed by atoms with van der Waals surface area (Å²) < 4.78 is 4.70. The van der Waals surface area contributed by atoms with E-state index in [0.717, 1.165) is 5.56 Å². The summed E-state index contributed by atoms with van der Waals surface area (Å²) in [7, 11) is 1.31. The number of aryl methyl sites for hydroxylation is 1. The van der Waals surface area contributed by atoms with Crippen molar-refractivity contribution in [2.75, 3.05) is 7.11 Å². The number of benzene rings is 1. The zero-order valence-corrected chi connectivity index (χ0v) is 10.6. The Hall–Kier alpha value is -2.49.